The van der Waals surface area contributed by atoms with E-state index in [4.69, 9.17) is 4.74 Å². The summed E-state index contributed by atoms with van der Waals surface area (Å²) in [6.45, 7) is 4.00. The summed E-state index contributed by atoms with van der Waals surface area (Å²) in [7, 11) is 2.17. The van der Waals surface area contributed by atoms with Crippen LogP contribution in [0, 0.1) is 0 Å². The van der Waals surface area contributed by atoms with Crippen molar-refractivity contribution in [3.8, 4) is 0 Å². The molecule has 0 amide bonds. The number of ether oxygens (including phenoxy) is 1. The minimum Gasteiger partial charge on any atom is -0.376 e. The van der Waals surface area contributed by atoms with Crippen molar-refractivity contribution in [3.63, 3.8) is 0 Å². The molecule has 0 radical (unpaired) electrons. The molecule has 0 spiro atoms. The second-order valence-electron chi connectivity index (χ2n) is 5.97. The SMILES string of the molecule is CC1OCCC1N(C)c1ccc(CNC2CC2)c(Br)c1. The van der Waals surface area contributed by atoms with E-state index in [-0.39, 0.29) is 0 Å². The van der Waals surface area contributed by atoms with Crippen LogP contribution in [0.15, 0.2) is 22.7 Å². The van der Waals surface area contributed by atoms with E-state index < -0.39 is 0 Å². The van der Waals surface area contributed by atoms with Crippen LogP contribution in [0.4, 0.5) is 5.69 Å². The van der Waals surface area contributed by atoms with Gasteiger partial charge in [-0.3, -0.25) is 0 Å². The molecule has 2 unspecified atom stereocenters. The molecule has 20 heavy (non-hydrogen) atoms. The Labute approximate surface area is 129 Å². The lowest BCUT2D eigenvalue weighted by Crippen LogP contribution is -2.36. The lowest BCUT2D eigenvalue weighted by molar-refractivity contribution is 0.118. The number of hydrogen-bond donors (Lipinski definition) is 1. The predicted octanol–water partition coefficient (Wildman–Crippen LogP) is 3.31. The normalized spacial score (nSPS) is 25.9. The highest BCUT2D eigenvalue weighted by Gasteiger charge is 2.28. The van der Waals surface area contributed by atoms with Crippen molar-refractivity contribution < 1.29 is 4.74 Å². The molecule has 4 heteroatoms. The standard InChI is InChI=1S/C16H23BrN2O/c1-11-16(7-8-20-11)19(2)14-6-3-12(15(17)9-14)10-18-13-4-5-13/h3,6,9,11,13,16,18H,4-5,7-8,10H2,1-2H3. The number of benzene rings is 1. The Balaban J connectivity index is 1.68. The minimum absolute atomic E-state index is 0.315. The fourth-order valence-electron chi connectivity index (χ4n) is 2.86. The van der Waals surface area contributed by atoms with Crippen molar-refractivity contribution in [3.05, 3.63) is 28.2 Å². The minimum atomic E-state index is 0.315. The van der Waals surface area contributed by atoms with Crippen LogP contribution in [0.5, 0.6) is 0 Å². The Morgan fingerprint density at radius 2 is 2.15 bits per heavy atom. The molecule has 1 saturated heterocycles. The van der Waals surface area contributed by atoms with Crippen molar-refractivity contribution in [2.45, 2.75) is 50.9 Å². The van der Waals surface area contributed by atoms with E-state index in [1.54, 1.807) is 0 Å². The molecule has 0 aromatic heterocycles. The van der Waals surface area contributed by atoms with Gasteiger partial charge in [-0.05, 0) is 43.9 Å². The molecule has 0 bridgehead atoms. The van der Waals surface area contributed by atoms with E-state index in [0.717, 1.165) is 25.6 Å². The van der Waals surface area contributed by atoms with Crippen LogP contribution >= 0.6 is 15.9 Å². The van der Waals surface area contributed by atoms with E-state index in [0.29, 0.717) is 12.1 Å². The third-order valence-corrected chi connectivity index (χ3v) is 5.17. The van der Waals surface area contributed by atoms with Crippen LogP contribution in [0.2, 0.25) is 0 Å². The number of likely N-dealkylation sites (N-methyl/N-ethyl adjacent to an activating group) is 1. The predicted molar refractivity (Wildman–Crippen MR) is 86.2 cm³/mol. The first-order valence-electron chi connectivity index (χ1n) is 7.51. The second kappa shape index (κ2) is 6.04. The first kappa shape index (κ1) is 14.4. The smallest absolute Gasteiger partial charge is 0.0750 e. The third kappa shape index (κ3) is 3.18. The second-order valence-corrected chi connectivity index (χ2v) is 6.83. The van der Waals surface area contributed by atoms with Crippen LogP contribution in [0.1, 0.15) is 31.7 Å². The summed E-state index contributed by atoms with van der Waals surface area (Å²) in [5, 5.41) is 3.56. The van der Waals surface area contributed by atoms with Gasteiger partial charge in [0.1, 0.15) is 0 Å². The van der Waals surface area contributed by atoms with Gasteiger partial charge < -0.3 is 15.0 Å². The monoisotopic (exact) mass is 338 g/mol. The van der Waals surface area contributed by atoms with Gasteiger partial charge in [-0.2, -0.15) is 0 Å². The average Bonchev–Trinajstić information content (AvgIpc) is 3.17. The average molecular weight is 339 g/mol. The maximum Gasteiger partial charge on any atom is 0.0750 e. The van der Waals surface area contributed by atoms with Crippen molar-refractivity contribution in [1.82, 2.24) is 5.32 Å². The Morgan fingerprint density at radius 1 is 1.35 bits per heavy atom. The Bertz CT molecular complexity index is 476. The molecule has 1 aliphatic heterocycles. The largest absolute Gasteiger partial charge is 0.376 e. The zero-order valence-electron chi connectivity index (χ0n) is 12.2. The van der Waals surface area contributed by atoms with Gasteiger partial charge in [-0.25, -0.2) is 0 Å². The molecule has 2 fully saturated rings. The lowest BCUT2D eigenvalue weighted by atomic mass is 10.1. The Morgan fingerprint density at radius 3 is 2.75 bits per heavy atom. The van der Waals surface area contributed by atoms with E-state index in [9.17, 15) is 0 Å². The molecule has 1 aliphatic carbocycles. The van der Waals surface area contributed by atoms with Crippen LogP contribution < -0.4 is 10.2 Å². The fourth-order valence-corrected chi connectivity index (χ4v) is 3.37. The molecule has 3 nitrogen and oxygen atoms in total. The molecule has 110 valence electrons. The summed E-state index contributed by atoms with van der Waals surface area (Å²) in [4.78, 5) is 2.35. The first-order valence-corrected chi connectivity index (χ1v) is 8.30. The summed E-state index contributed by atoms with van der Waals surface area (Å²) >= 11 is 3.71. The van der Waals surface area contributed by atoms with Gasteiger partial charge in [0.2, 0.25) is 0 Å². The third-order valence-electron chi connectivity index (χ3n) is 4.44. The number of rotatable bonds is 5. The van der Waals surface area contributed by atoms with Gasteiger partial charge >= 0.3 is 0 Å². The van der Waals surface area contributed by atoms with Gasteiger partial charge in [0, 0.05) is 36.4 Å². The van der Waals surface area contributed by atoms with Crippen molar-refractivity contribution in [1.29, 1.82) is 0 Å². The molecule has 1 heterocycles. The maximum absolute atomic E-state index is 5.67. The number of halogens is 1. The van der Waals surface area contributed by atoms with Crippen LogP contribution in [0.25, 0.3) is 0 Å². The van der Waals surface area contributed by atoms with Crippen molar-refractivity contribution >= 4 is 21.6 Å². The van der Waals surface area contributed by atoms with Crippen LogP contribution in [0.3, 0.4) is 0 Å². The number of anilines is 1. The van der Waals surface area contributed by atoms with E-state index in [1.807, 2.05) is 0 Å². The fraction of sp³-hybridized carbons (Fsp3) is 0.625. The summed E-state index contributed by atoms with van der Waals surface area (Å²) in [5.74, 6) is 0. The number of nitrogens with zero attached hydrogens (tertiary/aromatic N) is 1. The summed E-state index contributed by atoms with van der Waals surface area (Å²) < 4.78 is 6.87. The highest BCUT2D eigenvalue weighted by atomic mass is 79.9. The molecule has 2 aliphatic rings. The molecular formula is C16H23BrN2O. The van der Waals surface area contributed by atoms with E-state index in [1.165, 1.54) is 28.6 Å². The van der Waals surface area contributed by atoms with Gasteiger partial charge in [0.25, 0.3) is 0 Å². The lowest BCUT2D eigenvalue weighted by Gasteiger charge is -2.29. The highest BCUT2D eigenvalue weighted by Crippen LogP contribution is 2.29. The molecule has 1 N–H and O–H groups in total. The van der Waals surface area contributed by atoms with Gasteiger partial charge in [0.05, 0.1) is 12.1 Å². The molecule has 1 saturated carbocycles. The molecular weight excluding hydrogens is 316 g/mol. The Kier molecular flexibility index (Phi) is 4.34. The first-order chi connectivity index (χ1) is 9.65. The summed E-state index contributed by atoms with van der Waals surface area (Å²) in [6, 6.07) is 7.92. The summed E-state index contributed by atoms with van der Waals surface area (Å²) in [5.41, 5.74) is 2.60. The zero-order valence-corrected chi connectivity index (χ0v) is 13.8. The number of nitrogens with one attached hydrogen (secondary N) is 1. The van der Waals surface area contributed by atoms with Gasteiger partial charge in [-0.15, -0.1) is 0 Å². The Hall–Kier alpha value is -0.580. The van der Waals surface area contributed by atoms with Gasteiger partial charge in [0.15, 0.2) is 0 Å². The van der Waals surface area contributed by atoms with E-state index >= 15 is 0 Å². The number of hydrogen-bond acceptors (Lipinski definition) is 3. The van der Waals surface area contributed by atoms with Crippen molar-refractivity contribution in [2.75, 3.05) is 18.6 Å². The topological polar surface area (TPSA) is 24.5 Å². The zero-order chi connectivity index (χ0) is 14.1. The quantitative estimate of drug-likeness (QED) is 0.891. The van der Waals surface area contributed by atoms with Crippen LogP contribution in [-0.2, 0) is 11.3 Å². The highest BCUT2D eigenvalue weighted by molar-refractivity contribution is 9.10. The molecule has 3 rings (SSSR count). The van der Waals surface area contributed by atoms with Crippen molar-refractivity contribution in [2.24, 2.45) is 0 Å². The van der Waals surface area contributed by atoms with E-state index in [2.05, 4.69) is 58.3 Å². The maximum atomic E-state index is 5.67. The molecule has 1 aromatic carbocycles. The van der Waals surface area contributed by atoms with Crippen LogP contribution in [-0.4, -0.2) is 31.8 Å². The summed E-state index contributed by atoms with van der Waals surface area (Å²) in [6.07, 6.45) is 4.09. The van der Waals surface area contributed by atoms with Gasteiger partial charge in [-0.1, -0.05) is 22.0 Å². The molecule has 1 aromatic rings. The molecule has 2 atom stereocenters.